The third-order valence-corrected chi connectivity index (χ3v) is 3.93. The molecule has 0 aromatic heterocycles. The number of methoxy groups -OCH3 is 1. The molecule has 0 heterocycles. The van der Waals surface area contributed by atoms with Crippen molar-refractivity contribution in [2.45, 2.75) is 0 Å². The lowest BCUT2D eigenvalue weighted by Gasteiger charge is -2.08. The van der Waals surface area contributed by atoms with Crippen LogP contribution >= 0.6 is 15.9 Å². The monoisotopic (exact) mass is 314 g/mol. The topological polar surface area (TPSA) is 26.3 Å². The molecule has 0 amide bonds. The van der Waals surface area contributed by atoms with Crippen molar-refractivity contribution in [1.82, 2.24) is 0 Å². The number of benzene rings is 3. The Hall–Kier alpha value is -1.87. The molecule has 3 heteroatoms. The van der Waals surface area contributed by atoms with Crippen LogP contribution < -0.4 is 0 Å². The third-order valence-electron chi connectivity index (χ3n) is 3.23. The summed E-state index contributed by atoms with van der Waals surface area (Å²) in [7, 11) is 1.40. The summed E-state index contributed by atoms with van der Waals surface area (Å²) in [4.78, 5) is 11.8. The molecule has 3 aromatic rings. The van der Waals surface area contributed by atoms with Gasteiger partial charge < -0.3 is 4.74 Å². The van der Waals surface area contributed by atoms with E-state index in [2.05, 4.69) is 28.1 Å². The van der Waals surface area contributed by atoms with Gasteiger partial charge in [-0.1, -0.05) is 40.2 Å². The minimum absolute atomic E-state index is 0.312. The fourth-order valence-corrected chi connectivity index (χ4v) is 2.74. The number of carbonyl (C=O) groups excluding carboxylic acids is 1. The molecule has 0 bridgehead atoms. The van der Waals surface area contributed by atoms with Crippen LogP contribution in [0.4, 0.5) is 0 Å². The zero-order valence-corrected chi connectivity index (χ0v) is 11.9. The smallest absolute Gasteiger partial charge is 0.338 e. The first kappa shape index (κ1) is 12.2. The van der Waals surface area contributed by atoms with Crippen molar-refractivity contribution >= 4 is 43.4 Å². The van der Waals surface area contributed by atoms with Crippen molar-refractivity contribution < 1.29 is 9.53 Å². The number of hydrogen-bond acceptors (Lipinski definition) is 2. The lowest BCUT2D eigenvalue weighted by molar-refractivity contribution is 0.0603. The summed E-state index contributed by atoms with van der Waals surface area (Å²) in [6.45, 7) is 0. The average Bonchev–Trinajstić information content (AvgIpc) is 2.45. The standard InChI is InChI=1S/C16H11BrO2/c1-19-16(18)12-6-7-15(17)14-9-11-5-3-2-4-10(11)8-13(12)14/h2-9H,1H3. The molecule has 0 saturated heterocycles. The SMILES string of the molecule is COC(=O)c1ccc(Br)c2cc3ccccc3cc12. The molecule has 0 atom stereocenters. The minimum atomic E-state index is -0.312. The van der Waals surface area contributed by atoms with Crippen LogP contribution in [0.1, 0.15) is 10.4 Å². The molecule has 0 aliphatic heterocycles. The maximum atomic E-state index is 11.8. The van der Waals surface area contributed by atoms with Gasteiger partial charge in [-0.15, -0.1) is 0 Å². The van der Waals surface area contributed by atoms with Crippen LogP contribution in [0.3, 0.4) is 0 Å². The Morgan fingerprint density at radius 3 is 2.26 bits per heavy atom. The van der Waals surface area contributed by atoms with Crippen LogP contribution in [-0.4, -0.2) is 13.1 Å². The first-order valence-corrected chi connectivity index (χ1v) is 6.69. The molecule has 19 heavy (non-hydrogen) atoms. The Morgan fingerprint density at radius 2 is 1.63 bits per heavy atom. The van der Waals surface area contributed by atoms with Gasteiger partial charge >= 0.3 is 5.97 Å². The Balaban J connectivity index is 2.44. The van der Waals surface area contributed by atoms with E-state index in [0.717, 1.165) is 26.0 Å². The number of hydrogen-bond donors (Lipinski definition) is 0. The number of fused-ring (bicyclic) bond motifs is 2. The fraction of sp³-hybridized carbons (Fsp3) is 0.0625. The molecule has 0 aliphatic rings. The Morgan fingerprint density at radius 1 is 1.00 bits per heavy atom. The van der Waals surface area contributed by atoms with E-state index in [-0.39, 0.29) is 5.97 Å². The van der Waals surface area contributed by atoms with Crippen LogP contribution in [0.15, 0.2) is 53.0 Å². The first-order chi connectivity index (χ1) is 9.20. The zero-order valence-electron chi connectivity index (χ0n) is 10.3. The van der Waals surface area contributed by atoms with E-state index in [1.54, 1.807) is 6.07 Å². The maximum Gasteiger partial charge on any atom is 0.338 e. The van der Waals surface area contributed by atoms with E-state index < -0.39 is 0 Å². The highest BCUT2D eigenvalue weighted by molar-refractivity contribution is 9.10. The second-order valence-corrected chi connectivity index (χ2v) is 5.19. The number of rotatable bonds is 1. The highest BCUT2D eigenvalue weighted by atomic mass is 79.9. The molecule has 3 rings (SSSR count). The molecule has 3 aromatic carbocycles. The van der Waals surface area contributed by atoms with Gasteiger partial charge in [0.2, 0.25) is 0 Å². The minimum Gasteiger partial charge on any atom is -0.465 e. The molecule has 0 spiro atoms. The highest BCUT2D eigenvalue weighted by Gasteiger charge is 2.12. The molecule has 2 nitrogen and oxygen atoms in total. The second-order valence-electron chi connectivity index (χ2n) is 4.33. The highest BCUT2D eigenvalue weighted by Crippen LogP contribution is 2.31. The van der Waals surface area contributed by atoms with E-state index in [0.29, 0.717) is 5.56 Å². The quantitative estimate of drug-likeness (QED) is 0.487. The number of halogens is 1. The largest absolute Gasteiger partial charge is 0.465 e. The van der Waals surface area contributed by atoms with Crippen LogP contribution in [-0.2, 0) is 4.74 Å². The van der Waals surface area contributed by atoms with E-state index in [4.69, 9.17) is 4.74 Å². The summed E-state index contributed by atoms with van der Waals surface area (Å²) in [5.41, 5.74) is 0.589. The van der Waals surface area contributed by atoms with Crippen LogP contribution in [0.5, 0.6) is 0 Å². The number of ether oxygens (including phenoxy) is 1. The van der Waals surface area contributed by atoms with Crippen molar-refractivity contribution in [2.24, 2.45) is 0 Å². The van der Waals surface area contributed by atoms with Gasteiger partial charge in [0.15, 0.2) is 0 Å². The summed E-state index contributed by atoms with van der Waals surface area (Å²) >= 11 is 3.54. The average molecular weight is 315 g/mol. The summed E-state index contributed by atoms with van der Waals surface area (Å²) in [6.07, 6.45) is 0. The van der Waals surface area contributed by atoms with Gasteiger partial charge in [0, 0.05) is 4.47 Å². The van der Waals surface area contributed by atoms with Crippen molar-refractivity contribution in [3.63, 3.8) is 0 Å². The molecular formula is C16H11BrO2. The molecule has 94 valence electrons. The van der Waals surface area contributed by atoms with Gasteiger partial charge in [-0.3, -0.25) is 0 Å². The molecule has 0 fully saturated rings. The van der Waals surface area contributed by atoms with Crippen molar-refractivity contribution in [3.05, 3.63) is 58.6 Å². The van der Waals surface area contributed by atoms with Gasteiger partial charge in [-0.2, -0.15) is 0 Å². The maximum absolute atomic E-state index is 11.8. The summed E-state index contributed by atoms with van der Waals surface area (Å²) in [6, 6.07) is 15.9. The van der Waals surface area contributed by atoms with E-state index in [1.165, 1.54) is 7.11 Å². The van der Waals surface area contributed by atoms with Gasteiger partial charge in [-0.05, 0) is 45.8 Å². The van der Waals surface area contributed by atoms with Gasteiger partial charge in [0.05, 0.1) is 12.7 Å². The van der Waals surface area contributed by atoms with Crippen molar-refractivity contribution in [2.75, 3.05) is 7.11 Å². The van der Waals surface area contributed by atoms with E-state index in [9.17, 15) is 4.79 Å². The van der Waals surface area contributed by atoms with Gasteiger partial charge in [-0.25, -0.2) is 4.79 Å². The normalized spacial score (nSPS) is 10.8. The molecular weight excluding hydrogens is 304 g/mol. The van der Waals surface area contributed by atoms with Crippen LogP contribution in [0.2, 0.25) is 0 Å². The Labute approximate surface area is 119 Å². The second kappa shape index (κ2) is 4.67. The molecule has 0 N–H and O–H groups in total. The van der Waals surface area contributed by atoms with Crippen molar-refractivity contribution in [1.29, 1.82) is 0 Å². The number of esters is 1. The molecule has 0 saturated carbocycles. The van der Waals surface area contributed by atoms with Crippen LogP contribution in [0, 0.1) is 0 Å². The van der Waals surface area contributed by atoms with E-state index >= 15 is 0 Å². The zero-order chi connectivity index (χ0) is 13.4. The van der Waals surface area contributed by atoms with Gasteiger partial charge in [0.1, 0.15) is 0 Å². The molecule has 0 unspecified atom stereocenters. The van der Waals surface area contributed by atoms with E-state index in [1.807, 2.05) is 30.3 Å². The first-order valence-electron chi connectivity index (χ1n) is 5.90. The van der Waals surface area contributed by atoms with Crippen molar-refractivity contribution in [3.8, 4) is 0 Å². The Kier molecular flexibility index (Phi) is 2.99. The molecule has 0 aliphatic carbocycles. The lowest BCUT2D eigenvalue weighted by Crippen LogP contribution is -2.02. The number of carbonyl (C=O) groups is 1. The third kappa shape index (κ3) is 2.00. The predicted molar refractivity (Wildman–Crippen MR) is 80.5 cm³/mol. The molecule has 0 radical (unpaired) electrons. The summed E-state index contributed by atoms with van der Waals surface area (Å²) in [5.74, 6) is -0.312. The van der Waals surface area contributed by atoms with Crippen LogP contribution in [0.25, 0.3) is 21.5 Å². The lowest BCUT2D eigenvalue weighted by atomic mass is 10.00. The predicted octanol–water partition coefficient (Wildman–Crippen LogP) is 4.54. The van der Waals surface area contributed by atoms with Gasteiger partial charge in [0.25, 0.3) is 0 Å². The summed E-state index contributed by atoms with van der Waals surface area (Å²) in [5, 5.41) is 4.18. The Bertz CT molecular complexity index is 793. The summed E-state index contributed by atoms with van der Waals surface area (Å²) < 4.78 is 5.82. The fourth-order valence-electron chi connectivity index (χ4n) is 2.28.